The molecule has 1 rings (SSSR count). The first-order valence-electron chi connectivity index (χ1n) is 5.88. The van der Waals surface area contributed by atoms with Crippen molar-refractivity contribution in [1.82, 2.24) is 5.32 Å². The summed E-state index contributed by atoms with van der Waals surface area (Å²) >= 11 is 9.43. The summed E-state index contributed by atoms with van der Waals surface area (Å²) in [5.41, 5.74) is 1.32. The molecule has 0 unspecified atom stereocenters. The van der Waals surface area contributed by atoms with Crippen LogP contribution in [0.15, 0.2) is 22.7 Å². The Morgan fingerprint density at radius 2 is 2.06 bits per heavy atom. The smallest absolute Gasteiger partial charge is 0.0550 e. The van der Waals surface area contributed by atoms with Gasteiger partial charge in [-0.25, -0.2) is 0 Å². The molecule has 0 aliphatic carbocycles. The maximum Gasteiger partial charge on any atom is 0.0550 e. The molecule has 1 aromatic carbocycles. The lowest BCUT2D eigenvalue weighted by Gasteiger charge is -2.04. The average Bonchev–Trinajstić information content (AvgIpc) is 2.28. The Balaban J connectivity index is 2.19. The Hall–Kier alpha value is -0.0500. The van der Waals surface area contributed by atoms with Gasteiger partial charge in [-0.2, -0.15) is 0 Å². The highest BCUT2D eigenvalue weighted by Gasteiger charge is 1.99. The summed E-state index contributed by atoms with van der Waals surface area (Å²) in [4.78, 5) is 0. The van der Waals surface area contributed by atoms with E-state index in [2.05, 4.69) is 34.2 Å². The number of halogens is 2. The average molecular weight is 305 g/mol. The van der Waals surface area contributed by atoms with Crippen LogP contribution in [0, 0.1) is 0 Å². The van der Waals surface area contributed by atoms with Crippen molar-refractivity contribution in [1.29, 1.82) is 0 Å². The second-order valence-corrected chi connectivity index (χ2v) is 5.22. The zero-order valence-corrected chi connectivity index (χ0v) is 12.1. The predicted molar refractivity (Wildman–Crippen MR) is 75.3 cm³/mol. The minimum absolute atomic E-state index is 0.807. The number of benzene rings is 1. The van der Waals surface area contributed by atoms with Crippen molar-refractivity contribution in [2.45, 2.75) is 32.6 Å². The van der Waals surface area contributed by atoms with E-state index in [1.165, 1.54) is 24.8 Å². The number of nitrogens with one attached hydrogen (secondary N) is 1. The van der Waals surface area contributed by atoms with Gasteiger partial charge in [0.1, 0.15) is 0 Å². The fourth-order valence-corrected chi connectivity index (χ4v) is 2.03. The molecule has 0 aliphatic heterocycles. The minimum atomic E-state index is 0.807. The maximum absolute atomic E-state index is 6.04. The largest absolute Gasteiger partial charge is 0.317 e. The Bertz CT molecular complexity index is 315. The lowest BCUT2D eigenvalue weighted by atomic mass is 10.1. The zero-order chi connectivity index (χ0) is 11.8. The van der Waals surface area contributed by atoms with Crippen LogP contribution in [0.25, 0.3) is 0 Å². The lowest BCUT2D eigenvalue weighted by molar-refractivity contribution is 0.617. The molecule has 0 heterocycles. The zero-order valence-electron chi connectivity index (χ0n) is 9.73. The topological polar surface area (TPSA) is 12.0 Å². The molecule has 1 N–H and O–H groups in total. The SMILES string of the molecule is CCCNCCCCc1ccc(Br)c(Cl)c1. The third-order valence-electron chi connectivity index (χ3n) is 2.48. The van der Waals surface area contributed by atoms with Gasteiger partial charge in [0.2, 0.25) is 0 Å². The van der Waals surface area contributed by atoms with E-state index < -0.39 is 0 Å². The van der Waals surface area contributed by atoms with Crippen LogP contribution in [-0.4, -0.2) is 13.1 Å². The maximum atomic E-state index is 6.04. The third-order valence-corrected chi connectivity index (χ3v) is 3.71. The van der Waals surface area contributed by atoms with Crippen LogP contribution < -0.4 is 5.32 Å². The summed E-state index contributed by atoms with van der Waals surface area (Å²) in [7, 11) is 0. The van der Waals surface area contributed by atoms with Gasteiger partial charge in [0, 0.05) is 4.47 Å². The number of hydrogen-bond donors (Lipinski definition) is 1. The molecule has 0 atom stereocenters. The fourth-order valence-electron chi connectivity index (χ4n) is 1.58. The molecular formula is C13H19BrClN. The molecule has 0 spiro atoms. The molecule has 16 heavy (non-hydrogen) atoms. The van der Waals surface area contributed by atoms with Gasteiger partial charge in [0.25, 0.3) is 0 Å². The van der Waals surface area contributed by atoms with E-state index in [9.17, 15) is 0 Å². The van der Waals surface area contributed by atoms with Crippen LogP contribution in [0.4, 0.5) is 0 Å². The Kier molecular flexibility index (Phi) is 7.10. The van der Waals surface area contributed by atoms with Gasteiger partial charge < -0.3 is 5.32 Å². The quantitative estimate of drug-likeness (QED) is 0.735. The van der Waals surface area contributed by atoms with Crippen molar-refractivity contribution in [2.75, 3.05) is 13.1 Å². The van der Waals surface area contributed by atoms with Gasteiger partial charge in [0.15, 0.2) is 0 Å². The molecule has 0 amide bonds. The van der Waals surface area contributed by atoms with Gasteiger partial charge in [-0.3, -0.25) is 0 Å². The summed E-state index contributed by atoms with van der Waals surface area (Å²) in [5.74, 6) is 0. The molecule has 0 aliphatic rings. The molecule has 0 aromatic heterocycles. The van der Waals surface area contributed by atoms with E-state index in [4.69, 9.17) is 11.6 Å². The number of aryl methyl sites for hydroxylation is 1. The summed E-state index contributed by atoms with van der Waals surface area (Å²) < 4.78 is 0.975. The van der Waals surface area contributed by atoms with Gasteiger partial charge in [-0.15, -0.1) is 0 Å². The van der Waals surface area contributed by atoms with E-state index in [0.29, 0.717) is 0 Å². The number of hydrogen-bond acceptors (Lipinski definition) is 1. The Morgan fingerprint density at radius 3 is 2.75 bits per heavy atom. The molecule has 0 bridgehead atoms. The predicted octanol–water partition coefficient (Wildman–Crippen LogP) is 4.42. The van der Waals surface area contributed by atoms with Crippen molar-refractivity contribution >= 4 is 27.5 Å². The van der Waals surface area contributed by atoms with Crippen LogP contribution >= 0.6 is 27.5 Å². The van der Waals surface area contributed by atoms with Crippen molar-refractivity contribution in [3.63, 3.8) is 0 Å². The normalized spacial score (nSPS) is 10.7. The first-order chi connectivity index (χ1) is 7.74. The summed E-state index contributed by atoms with van der Waals surface area (Å²) in [5, 5.41) is 4.22. The van der Waals surface area contributed by atoms with Gasteiger partial charge in [-0.1, -0.05) is 24.6 Å². The third kappa shape index (κ3) is 5.33. The highest BCUT2D eigenvalue weighted by molar-refractivity contribution is 9.10. The van der Waals surface area contributed by atoms with E-state index in [-0.39, 0.29) is 0 Å². The minimum Gasteiger partial charge on any atom is -0.317 e. The van der Waals surface area contributed by atoms with Gasteiger partial charge in [0.05, 0.1) is 5.02 Å². The van der Waals surface area contributed by atoms with Crippen molar-refractivity contribution in [3.8, 4) is 0 Å². The molecule has 90 valence electrons. The van der Waals surface area contributed by atoms with Crippen molar-refractivity contribution in [2.24, 2.45) is 0 Å². The van der Waals surface area contributed by atoms with Crippen molar-refractivity contribution < 1.29 is 0 Å². The number of unbranched alkanes of at least 4 members (excludes halogenated alkanes) is 1. The highest BCUT2D eigenvalue weighted by Crippen LogP contribution is 2.23. The van der Waals surface area contributed by atoms with E-state index >= 15 is 0 Å². The molecule has 0 saturated carbocycles. The van der Waals surface area contributed by atoms with Gasteiger partial charge >= 0.3 is 0 Å². The second-order valence-electron chi connectivity index (χ2n) is 3.96. The first-order valence-corrected chi connectivity index (χ1v) is 7.05. The summed E-state index contributed by atoms with van der Waals surface area (Å²) in [6.45, 7) is 4.44. The lowest BCUT2D eigenvalue weighted by Crippen LogP contribution is -2.15. The van der Waals surface area contributed by atoms with E-state index in [0.717, 1.165) is 29.0 Å². The van der Waals surface area contributed by atoms with Crippen LogP contribution in [0.1, 0.15) is 31.7 Å². The molecule has 3 heteroatoms. The fraction of sp³-hybridized carbons (Fsp3) is 0.538. The molecular weight excluding hydrogens is 286 g/mol. The second kappa shape index (κ2) is 8.10. The molecule has 1 aromatic rings. The van der Waals surface area contributed by atoms with Gasteiger partial charge in [-0.05, 0) is 72.4 Å². The van der Waals surface area contributed by atoms with Crippen LogP contribution in [0.3, 0.4) is 0 Å². The first kappa shape index (κ1) is 14.0. The summed E-state index contributed by atoms with van der Waals surface area (Å²) in [6.07, 6.45) is 4.77. The molecule has 0 fully saturated rings. The Labute approximate surface area is 112 Å². The molecule has 1 nitrogen and oxygen atoms in total. The van der Waals surface area contributed by atoms with Crippen LogP contribution in [0.5, 0.6) is 0 Å². The van der Waals surface area contributed by atoms with Crippen LogP contribution in [-0.2, 0) is 6.42 Å². The Morgan fingerprint density at radius 1 is 1.25 bits per heavy atom. The molecule has 0 saturated heterocycles. The van der Waals surface area contributed by atoms with E-state index in [1.807, 2.05) is 12.1 Å². The van der Waals surface area contributed by atoms with Crippen molar-refractivity contribution in [3.05, 3.63) is 33.3 Å². The number of rotatable bonds is 7. The summed E-state index contributed by atoms with van der Waals surface area (Å²) in [6, 6.07) is 6.20. The monoisotopic (exact) mass is 303 g/mol. The van der Waals surface area contributed by atoms with E-state index in [1.54, 1.807) is 0 Å². The highest BCUT2D eigenvalue weighted by atomic mass is 79.9. The molecule has 0 radical (unpaired) electrons. The van der Waals surface area contributed by atoms with Crippen LogP contribution in [0.2, 0.25) is 5.02 Å². The standard InChI is InChI=1S/C13H19BrClN/c1-2-8-16-9-4-3-5-11-6-7-12(14)13(15)10-11/h6-7,10,16H,2-5,8-9H2,1H3.